The number of carboxylic acids is 1. The van der Waals surface area contributed by atoms with Gasteiger partial charge in [-0.1, -0.05) is 0 Å². The van der Waals surface area contributed by atoms with Gasteiger partial charge < -0.3 is 20.1 Å². The van der Waals surface area contributed by atoms with E-state index in [1.54, 1.807) is 34.6 Å². The molecule has 0 bridgehead atoms. The monoisotopic (exact) mass is 302 g/mol. The molecule has 0 heterocycles. The van der Waals surface area contributed by atoms with Gasteiger partial charge in [-0.05, 0) is 41.0 Å². The minimum absolute atomic E-state index is 0.0349. The molecule has 0 aliphatic heterocycles. The quantitative estimate of drug-likeness (QED) is 0.664. The minimum atomic E-state index is -0.912. The van der Waals surface area contributed by atoms with E-state index in [1.807, 2.05) is 0 Å². The van der Waals surface area contributed by atoms with E-state index >= 15 is 0 Å². The number of carbonyl (C=O) groups excluding carboxylic acids is 2. The Kier molecular flexibility index (Phi) is 7.76. The van der Waals surface area contributed by atoms with Crippen LogP contribution in [-0.4, -0.2) is 52.7 Å². The Balaban J connectivity index is 4.67. The molecule has 0 aromatic rings. The lowest BCUT2D eigenvalue weighted by Crippen LogP contribution is -2.53. The summed E-state index contributed by atoms with van der Waals surface area (Å²) in [7, 11) is 0. The standard InChI is InChI=1S/C14H26N2O5/c1-6-21-12(19)9-16(10(2)3)13(20)15-14(4,5)8-7-11(17)18/h10H,6-9H2,1-5H3,(H,15,20)(H,17,18). The number of ether oxygens (including phenoxy) is 1. The summed E-state index contributed by atoms with van der Waals surface area (Å²) < 4.78 is 4.84. The molecule has 0 radical (unpaired) electrons. The van der Waals surface area contributed by atoms with E-state index in [4.69, 9.17) is 9.84 Å². The molecule has 0 aromatic heterocycles. The van der Waals surface area contributed by atoms with E-state index in [9.17, 15) is 14.4 Å². The molecule has 0 aliphatic carbocycles. The fourth-order valence-corrected chi connectivity index (χ4v) is 1.68. The summed E-state index contributed by atoms with van der Waals surface area (Å²) in [5, 5.41) is 11.5. The molecule has 21 heavy (non-hydrogen) atoms. The lowest BCUT2D eigenvalue weighted by Gasteiger charge is -2.32. The molecule has 0 saturated carbocycles. The van der Waals surface area contributed by atoms with Gasteiger partial charge in [-0.15, -0.1) is 0 Å². The van der Waals surface area contributed by atoms with Crippen molar-refractivity contribution in [3.05, 3.63) is 0 Å². The van der Waals surface area contributed by atoms with Crippen molar-refractivity contribution in [2.24, 2.45) is 0 Å². The van der Waals surface area contributed by atoms with Gasteiger partial charge in [0.25, 0.3) is 0 Å². The third-order valence-electron chi connectivity index (χ3n) is 2.90. The average Bonchev–Trinajstić information content (AvgIpc) is 2.33. The number of nitrogens with zero attached hydrogens (tertiary/aromatic N) is 1. The van der Waals surface area contributed by atoms with Crippen LogP contribution in [0.25, 0.3) is 0 Å². The molecule has 0 saturated heterocycles. The van der Waals surface area contributed by atoms with Crippen LogP contribution in [0.15, 0.2) is 0 Å². The van der Waals surface area contributed by atoms with Crippen LogP contribution in [0.3, 0.4) is 0 Å². The molecule has 0 unspecified atom stereocenters. The highest BCUT2D eigenvalue weighted by Gasteiger charge is 2.27. The molecule has 0 aliphatic rings. The van der Waals surface area contributed by atoms with Gasteiger partial charge in [0, 0.05) is 18.0 Å². The number of aliphatic carboxylic acids is 1. The normalized spacial score (nSPS) is 11.1. The Morgan fingerprint density at radius 2 is 1.86 bits per heavy atom. The Bertz CT molecular complexity index is 380. The lowest BCUT2D eigenvalue weighted by molar-refractivity contribution is -0.144. The summed E-state index contributed by atoms with van der Waals surface area (Å²) in [6.45, 7) is 8.91. The summed E-state index contributed by atoms with van der Waals surface area (Å²) in [6.07, 6.45) is 0.270. The Hall–Kier alpha value is -1.79. The van der Waals surface area contributed by atoms with E-state index in [1.165, 1.54) is 4.90 Å². The van der Waals surface area contributed by atoms with Crippen LogP contribution in [0, 0.1) is 0 Å². The first-order valence-electron chi connectivity index (χ1n) is 7.05. The molecule has 2 amide bonds. The summed E-state index contributed by atoms with van der Waals surface area (Å²) in [6, 6.07) is -0.585. The number of nitrogens with one attached hydrogen (secondary N) is 1. The van der Waals surface area contributed by atoms with Gasteiger partial charge in [0.05, 0.1) is 6.61 Å². The lowest BCUT2D eigenvalue weighted by atomic mass is 9.98. The SMILES string of the molecule is CCOC(=O)CN(C(=O)NC(C)(C)CCC(=O)O)C(C)C. The van der Waals surface area contributed by atoms with Crippen molar-refractivity contribution in [3.63, 3.8) is 0 Å². The third kappa shape index (κ3) is 8.16. The predicted molar refractivity (Wildman–Crippen MR) is 78.0 cm³/mol. The molecule has 7 nitrogen and oxygen atoms in total. The first-order chi connectivity index (χ1) is 9.59. The predicted octanol–water partition coefficient (Wildman–Crippen LogP) is 1.61. The second kappa shape index (κ2) is 8.49. The maximum absolute atomic E-state index is 12.2. The maximum atomic E-state index is 12.2. The second-order valence-electron chi connectivity index (χ2n) is 5.73. The van der Waals surface area contributed by atoms with Crippen LogP contribution in [0.1, 0.15) is 47.5 Å². The zero-order valence-electron chi connectivity index (χ0n) is 13.4. The number of carbonyl (C=O) groups is 3. The Labute approximate surface area is 125 Å². The first kappa shape index (κ1) is 19.2. The fourth-order valence-electron chi connectivity index (χ4n) is 1.68. The van der Waals surface area contributed by atoms with Crippen LogP contribution in [0.2, 0.25) is 0 Å². The summed E-state index contributed by atoms with van der Waals surface area (Å²) >= 11 is 0. The molecule has 0 aromatic carbocycles. The molecule has 2 N–H and O–H groups in total. The van der Waals surface area contributed by atoms with Gasteiger partial charge in [-0.2, -0.15) is 0 Å². The van der Waals surface area contributed by atoms with Crippen molar-refractivity contribution in [3.8, 4) is 0 Å². The van der Waals surface area contributed by atoms with Gasteiger partial charge in [-0.3, -0.25) is 9.59 Å². The van der Waals surface area contributed by atoms with Crippen molar-refractivity contribution in [1.29, 1.82) is 0 Å². The summed E-state index contributed by atoms with van der Waals surface area (Å²) in [4.78, 5) is 35.7. The number of hydrogen-bond donors (Lipinski definition) is 2. The zero-order valence-corrected chi connectivity index (χ0v) is 13.4. The minimum Gasteiger partial charge on any atom is -0.481 e. The van der Waals surface area contributed by atoms with Gasteiger partial charge in [0.1, 0.15) is 6.54 Å². The van der Waals surface area contributed by atoms with Gasteiger partial charge in [-0.25, -0.2) is 4.79 Å². The van der Waals surface area contributed by atoms with Crippen LogP contribution in [0.4, 0.5) is 4.79 Å². The van der Waals surface area contributed by atoms with Gasteiger partial charge >= 0.3 is 18.0 Å². The number of urea groups is 1. The number of amides is 2. The van der Waals surface area contributed by atoms with Crippen LogP contribution < -0.4 is 5.32 Å². The topological polar surface area (TPSA) is 95.9 Å². The van der Waals surface area contributed by atoms with E-state index in [0.29, 0.717) is 6.42 Å². The average molecular weight is 302 g/mol. The van der Waals surface area contributed by atoms with Crippen molar-refractivity contribution < 1.29 is 24.2 Å². The maximum Gasteiger partial charge on any atom is 0.325 e. The highest BCUT2D eigenvalue weighted by Crippen LogP contribution is 2.13. The summed E-state index contributed by atoms with van der Waals surface area (Å²) in [5.41, 5.74) is -0.669. The highest BCUT2D eigenvalue weighted by atomic mass is 16.5. The van der Waals surface area contributed by atoms with E-state index < -0.39 is 23.5 Å². The van der Waals surface area contributed by atoms with Crippen molar-refractivity contribution in [2.75, 3.05) is 13.2 Å². The van der Waals surface area contributed by atoms with Gasteiger partial charge in [0.15, 0.2) is 0 Å². The largest absolute Gasteiger partial charge is 0.481 e. The summed E-state index contributed by atoms with van der Waals surface area (Å²) in [5.74, 6) is -1.38. The number of hydrogen-bond acceptors (Lipinski definition) is 4. The molecular weight excluding hydrogens is 276 g/mol. The first-order valence-corrected chi connectivity index (χ1v) is 7.05. The molecule has 0 atom stereocenters. The Morgan fingerprint density at radius 1 is 1.29 bits per heavy atom. The van der Waals surface area contributed by atoms with Crippen LogP contribution >= 0.6 is 0 Å². The van der Waals surface area contributed by atoms with Crippen molar-refractivity contribution in [1.82, 2.24) is 10.2 Å². The number of carboxylic acid groups (broad SMARTS) is 1. The highest BCUT2D eigenvalue weighted by molar-refractivity contribution is 5.81. The number of esters is 1. The van der Waals surface area contributed by atoms with Crippen LogP contribution in [0.5, 0.6) is 0 Å². The third-order valence-corrected chi connectivity index (χ3v) is 2.90. The van der Waals surface area contributed by atoms with Crippen molar-refractivity contribution >= 4 is 18.0 Å². The molecule has 7 heteroatoms. The second-order valence-corrected chi connectivity index (χ2v) is 5.73. The van der Waals surface area contributed by atoms with Crippen molar-refractivity contribution in [2.45, 2.75) is 59.0 Å². The fraction of sp³-hybridized carbons (Fsp3) is 0.786. The van der Waals surface area contributed by atoms with E-state index in [-0.39, 0.29) is 25.6 Å². The molecule has 0 fully saturated rings. The molecule has 122 valence electrons. The Morgan fingerprint density at radius 3 is 2.29 bits per heavy atom. The molecular formula is C14H26N2O5. The smallest absolute Gasteiger partial charge is 0.325 e. The molecule has 0 spiro atoms. The van der Waals surface area contributed by atoms with Crippen LogP contribution in [-0.2, 0) is 14.3 Å². The zero-order chi connectivity index (χ0) is 16.6. The van der Waals surface area contributed by atoms with E-state index in [2.05, 4.69) is 5.32 Å². The van der Waals surface area contributed by atoms with E-state index in [0.717, 1.165) is 0 Å². The number of rotatable bonds is 8. The molecule has 0 rings (SSSR count). The van der Waals surface area contributed by atoms with Gasteiger partial charge in [0.2, 0.25) is 0 Å².